The number of aliphatic hydroxyl groups is 4. The van der Waals surface area contributed by atoms with Crippen LogP contribution in [0.2, 0.25) is 0 Å². The largest absolute Gasteiger partial charge is 0.508 e. The van der Waals surface area contributed by atoms with Crippen molar-refractivity contribution in [1.82, 2.24) is 37.2 Å². The van der Waals surface area contributed by atoms with Crippen LogP contribution in [-0.2, 0) is 49.5 Å². The van der Waals surface area contributed by atoms with E-state index in [1.54, 1.807) is 0 Å². The minimum Gasteiger partial charge on any atom is -0.508 e. The maximum atomic E-state index is 13.0. The Morgan fingerprint density at radius 2 is 1.38 bits per heavy atom. The van der Waals surface area contributed by atoms with Crippen LogP contribution in [-0.4, -0.2) is 152 Å². The summed E-state index contributed by atoms with van der Waals surface area (Å²) in [6.45, 7) is 0.921. The van der Waals surface area contributed by atoms with Crippen molar-refractivity contribution < 1.29 is 73.7 Å². The molecule has 1 aromatic carbocycles. The number of phenols is 1. The number of carbonyl (C=O) groups excluding carboxylic acids is 7. The molecule has 1 heterocycles. The van der Waals surface area contributed by atoms with Gasteiger partial charge in [-0.3, -0.25) is 33.6 Å². The number of ether oxygens (including phenoxy) is 1. The van der Waals surface area contributed by atoms with Crippen molar-refractivity contribution in [3.05, 3.63) is 29.8 Å². The number of carbonyl (C=O) groups is 8. The first-order valence-electron chi connectivity index (χ1n) is 16.1. The lowest BCUT2D eigenvalue weighted by molar-refractivity contribution is -0.203. The van der Waals surface area contributed by atoms with E-state index in [1.807, 2.05) is 0 Å². The van der Waals surface area contributed by atoms with Gasteiger partial charge in [0.15, 0.2) is 6.23 Å². The Morgan fingerprint density at radius 3 is 1.92 bits per heavy atom. The number of amides is 7. The summed E-state index contributed by atoms with van der Waals surface area (Å²) < 4.78 is 5.42. The Balaban J connectivity index is 2.04. The molecule has 22 heteroatoms. The Hall–Kier alpha value is -5.42. The number of hydrogen-bond acceptors (Lipinski definition) is 14. The number of aliphatic hydroxyl groups excluding tert-OH is 4. The van der Waals surface area contributed by atoms with Crippen molar-refractivity contribution >= 4 is 47.3 Å². The van der Waals surface area contributed by atoms with E-state index in [4.69, 9.17) is 4.74 Å². The lowest BCUT2D eigenvalue weighted by Gasteiger charge is -2.42. The normalized spacial score (nSPS) is 21.7. The lowest BCUT2D eigenvalue weighted by Crippen LogP contribution is -2.68. The Kier molecular flexibility index (Phi) is 17.0. The number of hydrogen-bond donors (Lipinski definition) is 13. The second kappa shape index (κ2) is 20.6. The van der Waals surface area contributed by atoms with Crippen LogP contribution in [0.4, 0.5) is 0 Å². The molecule has 0 aliphatic carbocycles. The minimum absolute atomic E-state index is 0.0785. The van der Waals surface area contributed by atoms with Gasteiger partial charge in [0.25, 0.3) is 0 Å². The molecule has 1 saturated heterocycles. The van der Waals surface area contributed by atoms with Gasteiger partial charge in [-0.05, 0) is 24.6 Å². The molecular formula is C31H45N7O15. The number of phenolic OH excluding ortho intramolecular Hbond substituents is 1. The molecule has 294 valence electrons. The molecule has 9 atom stereocenters. The minimum atomic E-state index is -1.68. The SMILES string of the molecule is CC(=O)N[C@@H]1[C@@H](O)[C@H](O)[C@@H](CO)O[C@H]1NC(=O)C[C@H](NC(C)=O)C(=O)NCC(=O)N[C@@H](C)C(=O)N[C@@H](Cc1ccc(O)cc1)C(=O)N[C@@H](CO)C(=O)O. The number of benzene rings is 1. The van der Waals surface area contributed by atoms with E-state index < -0.39 is 128 Å². The molecule has 13 N–H and O–H groups in total. The van der Waals surface area contributed by atoms with Crippen molar-refractivity contribution in [3.8, 4) is 5.75 Å². The van der Waals surface area contributed by atoms with Crippen LogP contribution in [0.3, 0.4) is 0 Å². The first-order valence-corrected chi connectivity index (χ1v) is 16.1. The van der Waals surface area contributed by atoms with E-state index in [2.05, 4.69) is 37.2 Å². The van der Waals surface area contributed by atoms with Crippen molar-refractivity contribution in [2.24, 2.45) is 0 Å². The number of aromatic hydroxyl groups is 1. The summed E-state index contributed by atoms with van der Waals surface area (Å²) in [7, 11) is 0. The van der Waals surface area contributed by atoms with E-state index >= 15 is 0 Å². The highest BCUT2D eigenvalue weighted by atomic mass is 16.5. The molecule has 22 nitrogen and oxygen atoms in total. The number of carboxylic acid groups (broad SMARTS) is 1. The van der Waals surface area contributed by atoms with Crippen LogP contribution in [0.1, 0.15) is 32.8 Å². The zero-order chi connectivity index (χ0) is 40.0. The highest BCUT2D eigenvalue weighted by molar-refractivity contribution is 5.96. The molecular weight excluding hydrogens is 710 g/mol. The lowest BCUT2D eigenvalue weighted by atomic mass is 9.95. The smallest absolute Gasteiger partial charge is 0.328 e. The second-order valence-corrected chi connectivity index (χ2v) is 12.0. The third-order valence-corrected chi connectivity index (χ3v) is 7.68. The standard InChI is InChI=1S/C31H45N7O15/c1-13(27(48)36-18(8-16-4-6-17(43)7-5-16)29(50)37-20(11-39)31(51)52)33-23(45)10-32-28(49)19(34-14(2)41)9-22(44)38-30-24(35-15(3)42)26(47)25(46)21(12-40)53-30/h4-7,13,18-21,24-26,30,39-40,43,46-47H,8-12H2,1-3H3,(H,32,49)(H,33,45)(H,34,41)(H,35,42)(H,36,48)(H,37,50)(H,38,44)(H,51,52)/t13-,18-,19-,20-,21+,24+,25+,26+,30+/m0/s1. The van der Waals surface area contributed by atoms with Gasteiger partial charge in [-0.2, -0.15) is 0 Å². The van der Waals surface area contributed by atoms with Gasteiger partial charge in [-0.25, -0.2) is 4.79 Å². The highest BCUT2D eigenvalue weighted by Crippen LogP contribution is 2.20. The van der Waals surface area contributed by atoms with Gasteiger partial charge in [0, 0.05) is 20.3 Å². The molecule has 0 saturated carbocycles. The number of nitrogens with one attached hydrogen (secondary N) is 7. The van der Waals surface area contributed by atoms with Gasteiger partial charge < -0.3 is 72.6 Å². The molecule has 0 bridgehead atoms. The summed E-state index contributed by atoms with van der Waals surface area (Å²) in [5.41, 5.74) is 0.450. The third-order valence-electron chi connectivity index (χ3n) is 7.68. The molecule has 1 fully saturated rings. The Labute approximate surface area is 302 Å². The Bertz CT molecular complexity index is 1490. The summed E-state index contributed by atoms with van der Waals surface area (Å²) >= 11 is 0. The van der Waals surface area contributed by atoms with Gasteiger partial charge in [0.05, 0.1) is 26.2 Å². The van der Waals surface area contributed by atoms with Crippen LogP contribution >= 0.6 is 0 Å². The molecule has 0 unspecified atom stereocenters. The van der Waals surface area contributed by atoms with E-state index in [9.17, 15) is 69.0 Å². The van der Waals surface area contributed by atoms with Crippen LogP contribution in [0.25, 0.3) is 0 Å². The van der Waals surface area contributed by atoms with Crippen LogP contribution < -0.4 is 37.2 Å². The number of rotatable bonds is 18. The maximum absolute atomic E-state index is 13.0. The average Bonchev–Trinajstić information content (AvgIpc) is 3.08. The van der Waals surface area contributed by atoms with Crippen molar-refractivity contribution in [3.63, 3.8) is 0 Å². The predicted octanol–water partition coefficient (Wildman–Crippen LogP) is -6.44. The first-order chi connectivity index (χ1) is 24.9. The van der Waals surface area contributed by atoms with Gasteiger partial charge >= 0.3 is 5.97 Å². The fourth-order valence-electron chi connectivity index (χ4n) is 4.97. The van der Waals surface area contributed by atoms with Crippen LogP contribution in [0.5, 0.6) is 5.75 Å². The number of carboxylic acids is 1. The zero-order valence-electron chi connectivity index (χ0n) is 28.9. The van der Waals surface area contributed by atoms with Crippen molar-refractivity contribution in [1.29, 1.82) is 0 Å². The molecule has 1 aromatic rings. The molecule has 0 radical (unpaired) electrons. The summed E-state index contributed by atoms with van der Waals surface area (Å²) in [6, 6.07) is -1.82. The monoisotopic (exact) mass is 755 g/mol. The first kappa shape index (κ1) is 43.7. The fourth-order valence-corrected chi connectivity index (χ4v) is 4.97. The van der Waals surface area contributed by atoms with Crippen molar-refractivity contribution in [2.75, 3.05) is 19.8 Å². The molecule has 53 heavy (non-hydrogen) atoms. The molecule has 7 amide bonds. The maximum Gasteiger partial charge on any atom is 0.328 e. The topological polar surface area (TPSA) is 351 Å². The van der Waals surface area contributed by atoms with E-state index in [0.29, 0.717) is 5.56 Å². The van der Waals surface area contributed by atoms with Gasteiger partial charge in [0.2, 0.25) is 41.4 Å². The fraction of sp³-hybridized carbons (Fsp3) is 0.548. The molecule has 0 aromatic heterocycles. The van der Waals surface area contributed by atoms with Gasteiger partial charge in [-0.15, -0.1) is 0 Å². The van der Waals surface area contributed by atoms with E-state index in [1.165, 1.54) is 31.2 Å². The summed E-state index contributed by atoms with van der Waals surface area (Å²) in [6.07, 6.45) is -7.07. The van der Waals surface area contributed by atoms with Crippen LogP contribution in [0, 0.1) is 0 Å². The van der Waals surface area contributed by atoms with Crippen LogP contribution in [0.15, 0.2) is 24.3 Å². The summed E-state index contributed by atoms with van der Waals surface area (Å²) in [5, 5.41) is 73.9. The van der Waals surface area contributed by atoms with Crippen molar-refractivity contribution in [2.45, 2.75) is 88.4 Å². The van der Waals surface area contributed by atoms with Gasteiger partial charge in [-0.1, -0.05) is 12.1 Å². The zero-order valence-corrected chi connectivity index (χ0v) is 28.9. The quantitative estimate of drug-likeness (QED) is 0.0663. The molecule has 1 aliphatic heterocycles. The predicted molar refractivity (Wildman–Crippen MR) is 177 cm³/mol. The summed E-state index contributed by atoms with van der Waals surface area (Å²) in [4.78, 5) is 99.1. The molecule has 2 rings (SSSR count). The van der Waals surface area contributed by atoms with Gasteiger partial charge in [0.1, 0.15) is 54.3 Å². The molecule has 1 aliphatic rings. The second-order valence-electron chi connectivity index (χ2n) is 12.0. The van der Waals surface area contributed by atoms with E-state index in [0.717, 1.165) is 13.8 Å². The molecule has 0 spiro atoms. The average molecular weight is 756 g/mol. The van der Waals surface area contributed by atoms with E-state index in [-0.39, 0.29) is 12.2 Å². The summed E-state index contributed by atoms with van der Waals surface area (Å²) in [5.74, 6) is -7.78. The third kappa shape index (κ3) is 13.9. The Morgan fingerprint density at radius 1 is 0.755 bits per heavy atom. The highest BCUT2D eigenvalue weighted by Gasteiger charge is 2.45. The number of aliphatic carboxylic acids is 1.